The van der Waals surface area contributed by atoms with Gasteiger partial charge in [-0.1, -0.05) is 35.5 Å². The lowest BCUT2D eigenvalue weighted by molar-refractivity contribution is -0.152. The molecule has 0 radical (unpaired) electrons. The second-order valence-corrected chi connectivity index (χ2v) is 12.1. The highest BCUT2D eigenvalue weighted by Crippen LogP contribution is 2.47. The molecular formula is C31H27ClN4O6S. The van der Waals surface area contributed by atoms with Gasteiger partial charge in [-0.25, -0.2) is 0 Å². The average molecular weight is 619 g/mol. The van der Waals surface area contributed by atoms with E-state index >= 15 is 0 Å². The van der Waals surface area contributed by atoms with Crippen LogP contribution in [0.25, 0.3) is 10.9 Å². The number of hydrogen-bond donors (Lipinski definition) is 3. The van der Waals surface area contributed by atoms with Gasteiger partial charge in [-0.15, -0.1) is 0 Å². The zero-order valence-electron chi connectivity index (χ0n) is 22.9. The Hall–Kier alpha value is -4.03. The molecule has 0 bridgehead atoms. The van der Waals surface area contributed by atoms with E-state index in [2.05, 4.69) is 15.6 Å². The molecule has 7 rings (SSSR count). The Morgan fingerprint density at radius 3 is 2.65 bits per heavy atom. The lowest BCUT2D eigenvalue weighted by Crippen LogP contribution is -2.49. The van der Waals surface area contributed by atoms with Crippen molar-refractivity contribution in [2.75, 3.05) is 26.3 Å². The fraction of sp³-hybridized carbons (Fsp3) is 0.258. The summed E-state index contributed by atoms with van der Waals surface area (Å²) in [4.78, 5) is 46.4. The molecule has 2 fully saturated rings. The summed E-state index contributed by atoms with van der Waals surface area (Å²) in [5.41, 5.74) is 2.07. The first-order valence-corrected chi connectivity index (χ1v) is 15.0. The molecular weight excluding hydrogens is 592 g/mol. The first kappa shape index (κ1) is 27.8. The van der Waals surface area contributed by atoms with Crippen LogP contribution in [0.1, 0.15) is 22.5 Å². The third kappa shape index (κ3) is 5.56. The number of ether oxygens (including phenoxy) is 3. The summed E-state index contributed by atoms with van der Waals surface area (Å²) in [7, 11) is 0. The van der Waals surface area contributed by atoms with Crippen LogP contribution in [-0.2, 0) is 25.6 Å². The summed E-state index contributed by atoms with van der Waals surface area (Å²) in [6.45, 7) is 0.797. The van der Waals surface area contributed by atoms with Crippen LogP contribution in [0.5, 0.6) is 11.5 Å². The monoisotopic (exact) mass is 618 g/mol. The minimum absolute atomic E-state index is 0.0913. The maximum absolute atomic E-state index is 13.4. The van der Waals surface area contributed by atoms with Crippen LogP contribution in [0.15, 0.2) is 76.5 Å². The third-order valence-corrected chi connectivity index (χ3v) is 9.06. The van der Waals surface area contributed by atoms with Crippen molar-refractivity contribution < 1.29 is 28.6 Å². The number of nitrogens with one attached hydrogen (secondary N) is 3. The smallest absolute Gasteiger partial charge is 0.251 e. The van der Waals surface area contributed by atoms with Crippen LogP contribution in [-0.4, -0.2) is 65.7 Å². The molecule has 10 nitrogen and oxygen atoms in total. The van der Waals surface area contributed by atoms with E-state index < -0.39 is 23.6 Å². The maximum atomic E-state index is 13.4. The Bertz CT molecular complexity index is 1750. The lowest BCUT2D eigenvalue weighted by atomic mass is 10.1. The summed E-state index contributed by atoms with van der Waals surface area (Å²) < 4.78 is 17.7. The summed E-state index contributed by atoms with van der Waals surface area (Å²) in [5, 5.41) is 7.18. The van der Waals surface area contributed by atoms with E-state index in [0.717, 1.165) is 32.1 Å². The molecule has 2 saturated heterocycles. The van der Waals surface area contributed by atoms with Crippen LogP contribution >= 0.6 is 23.4 Å². The molecule has 12 heteroatoms. The number of carbonyl (C=O) groups is 3. The van der Waals surface area contributed by atoms with E-state index in [1.54, 1.807) is 30.0 Å². The number of benzene rings is 3. The van der Waals surface area contributed by atoms with E-state index in [9.17, 15) is 14.4 Å². The lowest BCUT2D eigenvalue weighted by Gasteiger charge is -2.24. The zero-order valence-corrected chi connectivity index (χ0v) is 24.4. The number of halogens is 1. The van der Waals surface area contributed by atoms with Crippen molar-refractivity contribution in [1.82, 2.24) is 20.5 Å². The number of hydrogen-bond acceptors (Lipinski definition) is 7. The van der Waals surface area contributed by atoms with Gasteiger partial charge in [0.2, 0.25) is 11.8 Å². The fourth-order valence-electron chi connectivity index (χ4n) is 5.63. The highest BCUT2D eigenvalue weighted by atomic mass is 35.5. The second-order valence-electron chi connectivity index (χ2n) is 10.6. The van der Waals surface area contributed by atoms with Crippen molar-refractivity contribution in [3.05, 3.63) is 83.0 Å². The number of H-pyrrole nitrogens is 1. The number of likely N-dealkylation sites (tertiary alicyclic amines) is 1. The van der Waals surface area contributed by atoms with Crippen LogP contribution in [0.4, 0.5) is 0 Å². The van der Waals surface area contributed by atoms with Crippen molar-refractivity contribution in [2.45, 2.75) is 34.6 Å². The zero-order chi connectivity index (χ0) is 29.6. The van der Waals surface area contributed by atoms with Crippen molar-refractivity contribution in [2.24, 2.45) is 0 Å². The van der Waals surface area contributed by atoms with Crippen molar-refractivity contribution >= 4 is 52.0 Å². The van der Waals surface area contributed by atoms with Gasteiger partial charge in [-0.05, 0) is 54.6 Å². The first-order chi connectivity index (χ1) is 20.9. The standard InChI is InChI=1S/C31H27ClN4O6S/c32-20-6-7-22-19(11-20)12-21(35-22)15-33-30(39)23-14-31(40-9-10-41-31)17-36(23)28(37)16-34-29(38)18-5-8-27-25(13-18)42-24-3-1-2-4-26(24)43-27/h1-8,11-13,23,35H,9-10,14-17H2,(H,33,39)(H,34,38)/t23-/m0/s1. The molecule has 1 aromatic heterocycles. The SMILES string of the molecule is O=C(NCC(=O)N1CC2(C[C@H]1C(=O)NCc1cc3cc(Cl)ccc3[nH]1)OCCO2)c1ccc2c(c1)Oc1ccccc1S2. The Kier molecular flexibility index (Phi) is 7.26. The minimum Gasteiger partial charge on any atom is -0.455 e. The Morgan fingerprint density at radius 2 is 1.79 bits per heavy atom. The van der Waals surface area contributed by atoms with Crippen LogP contribution in [0, 0.1) is 0 Å². The predicted molar refractivity (Wildman–Crippen MR) is 159 cm³/mol. The van der Waals surface area contributed by atoms with Gasteiger partial charge in [-0.2, -0.15) is 0 Å². The molecule has 4 aromatic rings. The average Bonchev–Trinajstić information content (AvgIpc) is 3.75. The molecule has 0 aliphatic carbocycles. The molecule has 1 spiro atoms. The first-order valence-electron chi connectivity index (χ1n) is 13.9. The van der Waals surface area contributed by atoms with Gasteiger partial charge in [-0.3, -0.25) is 14.4 Å². The molecule has 1 atom stereocenters. The highest BCUT2D eigenvalue weighted by molar-refractivity contribution is 7.99. The van der Waals surface area contributed by atoms with Gasteiger partial charge in [0.1, 0.15) is 17.5 Å². The maximum Gasteiger partial charge on any atom is 0.251 e. The van der Waals surface area contributed by atoms with Crippen molar-refractivity contribution in [1.29, 1.82) is 0 Å². The van der Waals surface area contributed by atoms with Crippen LogP contribution < -0.4 is 15.4 Å². The van der Waals surface area contributed by atoms with Gasteiger partial charge in [0.05, 0.1) is 42.6 Å². The Balaban J connectivity index is 1.01. The summed E-state index contributed by atoms with van der Waals surface area (Å²) in [6.07, 6.45) is 0.197. The number of nitrogens with zero attached hydrogens (tertiary/aromatic N) is 1. The van der Waals surface area contributed by atoms with E-state index in [1.807, 2.05) is 48.5 Å². The number of aromatic amines is 1. The van der Waals surface area contributed by atoms with Gasteiger partial charge in [0.15, 0.2) is 5.79 Å². The quantitative estimate of drug-likeness (QED) is 0.257. The normalized spacial score (nSPS) is 18.3. The van der Waals surface area contributed by atoms with Gasteiger partial charge in [0.25, 0.3) is 5.91 Å². The molecule has 220 valence electrons. The van der Waals surface area contributed by atoms with Crippen molar-refractivity contribution in [3.63, 3.8) is 0 Å². The van der Waals surface area contributed by atoms with Gasteiger partial charge in [0, 0.05) is 33.6 Å². The number of carbonyl (C=O) groups excluding carboxylic acids is 3. The number of para-hydroxylation sites is 1. The molecule has 3 aromatic carbocycles. The van der Waals surface area contributed by atoms with Crippen molar-refractivity contribution in [3.8, 4) is 11.5 Å². The molecule has 43 heavy (non-hydrogen) atoms. The van der Waals surface area contributed by atoms with E-state index in [-0.39, 0.29) is 32.0 Å². The number of aromatic nitrogens is 1. The molecule has 3 N–H and O–H groups in total. The minimum atomic E-state index is -1.04. The van der Waals surface area contributed by atoms with E-state index in [0.29, 0.717) is 29.5 Å². The number of amides is 3. The van der Waals surface area contributed by atoms with E-state index in [1.165, 1.54) is 4.90 Å². The Labute approximate surface area is 256 Å². The summed E-state index contributed by atoms with van der Waals surface area (Å²) in [5.74, 6) is -0.908. The largest absolute Gasteiger partial charge is 0.455 e. The molecule has 3 aliphatic rings. The predicted octanol–water partition coefficient (Wildman–Crippen LogP) is 4.47. The number of rotatable bonds is 6. The summed E-state index contributed by atoms with van der Waals surface area (Å²) in [6, 6.07) is 19.5. The third-order valence-electron chi connectivity index (χ3n) is 7.72. The van der Waals surface area contributed by atoms with Gasteiger partial charge >= 0.3 is 0 Å². The molecule has 0 saturated carbocycles. The fourth-order valence-corrected chi connectivity index (χ4v) is 6.74. The topological polar surface area (TPSA) is 122 Å². The molecule has 4 heterocycles. The number of fused-ring (bicyclic) bond motifs is 3. The highest BCUT2D eigenvalue weighted by Gasteiger charge is 2.52. The second kappa shape index (κ2) is 11.2. The molecule has 3 aliphatic heterocycles. The van der Waals surface area contributed by atoms with E-state index in [4.69, 9.17) is 25.8 Å². The van der Waals surface area contributed by atoms with Crippen LogP contribution in [0.3, 0.4) is 0 Å². The van der Waals surface area contributed by atoms with Crippen LogP contribution in [0.2, 0.25) is 5.02 Å². The summed E-state index contributed by atoms with van der Waals surface area (Å²) >= 11 is 7.66. The molecule has 0 unspecified atom stereocenters. The van der Waals surface area contributed by atoms with Gasteiger partial charge < -0.3 is 34.7 Å². The Morgan fingerprint density at radius 1 is 0.977 bits per heavy atom. The molecule has 3 amide bonds.